The minimum Gasteiger partial charge on any atom is -0.495 e. The fraction of sp³-hybridized carbons (Fsp3) is 0.462. The fourth-order valence-corrected chi connectivity index (χ4v) is 6.71. The number of rotatable bonds is 5. The van der Waals surface area contributed by atoms with Gasteiger partial charge in [0.1, 0.15) is 16.2 Å². The van der Waals surface area contributed by atoms with Gasteiger partial charge in [-0.25, -0.2) is 13.4 Å². The highest BCUT2D eigenvalue weighted by atomic mass is 32.2. The number of sulfonamides is 1. The summed E-state index contributed by atoms with van der Waals surface area (Å²) in [4.78, 5) is 19.8. The molecule has 35 heavy (non-hydrogen) atoms. The first-order chi connectivity index (χ1) is 17.0. The van der Waals surface area contributed by atoms with Crippen molar-refractivity contribution in [2.24, 2.45) is 0 Å². The molecule has 2 aliphatic rings. The van der Waals surface area contributed by atoms with Crippen LogP contribution in [0.2, 0.25) is 0 Å². The van der Waals surface area contributed by atoms with Crippen molar-refractivity contribution < 1.29 is 22.4 Å². The number of likely N-dealkylation sites (tertiary alicyclic amines) is 1. The third-order valence-corrected chi connectivity index (χ3v) is 8.96. The number of ether oxygens (including phenoxy) is 1. The number of piperidine rings is 1. The van der Waals surface area contributed by atoms with Crippen LogP contribution in [0.4, 0.5) is 0 Å². The highest BCUT2D eigenvalue weighted by Gasteiger charge is 2.31. The van der Waals surface area contributed by atoms with Gasteiger partial charge < -0.3 is 14.1 Å². The predicted octanol–water partition coefficient (Wildman–Crippen LogP) is 4.42. The van der Waals surface area contributed by atoms with Crippen LogP contribution in [0.15, 0.2) is 51.8 Å². The molecule has 2 saturated heterocycles. The molecule has 5 rings (SSSR count). The number of amides is 1. The number of benzene rings is 2. The van der Waals surface area contributed by atoms with E-state index < -0.39 is 10.0 Å². The van der Waals surface area contributed by atoms with E-state index in [1.165, 1.54) is 17.5 Å². The Kier molecular flexibility index (Phi) is 6.80. The van der Waals surface area contributed by atoms with Crippen molar-refractivity contribution in [1.82, 2.24) is 14.2 Å². The van der Waals surface area contributed by atoms with Crippen molar-refractivity contribution >= 4 is 27.0 Å². The first-order valence-electron chi connectivity index (χ1n) is 12.3. The molecule has 0 unspecified atom stereocenters. The summed E-state index contributed by atoms with van der Waals surface area (Å²) in [6.07, 6.45) is 5.23. The summed E-state index contributed by atoms with van der Waals surface area (Å²) in [5, 5.41) is 0. The molecular weight excluding hydrogens is 466 g/mol. The average molecular weight is 498 g/mol. The van der Waals surface area contributed by atoms with Crippen LogP contribution in [-0.2, 0) is 10.0 Å². The number of carbonyl (C=O) groups is 1. The summed E-state index contributed by atoms with van der Waals surface area (Å²) < 4.78 is 39.7. The maximum Gasteiger partial charge on any atom is 0.253 e. The number of nitrogens with zero attached hydrogens (tertiary/aromatic N) is 3. The summed E-state index contributed by atoms with van der Waals surface area (Å²) in [5.41, 5.74) is 1.98. The molecule has 0 bridgehead atoms. The number of aromatic nitrogens is 1. The van der Waals surface area contributed by atoms with Crippen LogP contribution in [0.5, 0.6) is 5.75 Å². The molecule has 3 heterocycles. The topological polar surface area (TPSA) is 93.0 Å². The molecule has 186 valence electrons. The molecule has 0 N–H and O–H groups in total. The largest absolute Gasteiger partial charge is 0.495 e. The molecule has 2 aromatic carbocycles. The quantitative estimate of drug-likeness (QED) is 0.518. The summed E-state index contributed by atoms with van der Waals surface area (Å²) in [7, 11) is -2.30. The zero-order chi connectivity index (χ0) is 24.4. The van der Waals surface area contributed by atoms with E-state index in [0.717, 1.165) is 49.6 Å². The lowest BCUT2D eigenvalue weighted by Crippen LogP contribution is -2.38. The van der Waals surface area contributed by atoms with E-state index in [2.05, 4.69) is 4.98 Å². The minimum atomic E-state index is -3.76. The number of methoxy groups -OCH3 is 1. The summed E-state index contributed by atoms with van der Waals surface area (Å²) in [5.74, 6) is 0.964. The molecule has 0 aliphatic carbocycles. The molecule has 0 radical (unpaired) electrons. The van der Waals surface area contributed by atoms with Crippen LogP contribution in [-0.4, -0.2) is 61.8 Å². The van der Waals surface area contributed by atoms with Crippen molar-refractivity contribution in [2.75, 3.05) is 33.3 Å². The molecule has 8 nitrogen and oxygen atoms in total. The molecular formula is C26H31N3O5S. The highest BCUT2D eigenvalue weighted by molar-refractivity contribution is 7.89. The Morgan fingerprint density at radius 2 is 1.71 bits per heavy atom. The van der Waals surface area contributed by atoms with E-state index in [1.807, 2.05) is 24.3 Å². The smallest absolute Gasteiger partial charge is 0.253 e. The lowest BCUT2D eigenvalue weighted by Gasteiger charge is -2.31. The van der Waals surface area contributed by atoms with Crippen LogP contribution >= 0.6 is 0 Å². The Hall–Kier alpha value is -2.91. The van der Waals surface area contributed by atoms with E-state index in [1.54, 1.807) is 17.0 Å². The summed E-state index contributed by atoms with van der Waals surface area (Å²) >= 11 is 0. The zero-order valence-corrected chi connectivity index (χ0v) is 20.8. The van der Waals surface area contributed by atoms with Gasteiger partial charge in [0.2, 0.25) is 10.0 Å². The molecule has 0 atom stereocenters. The molecule has 1 amide bonds. The van der Waals surface area contributed by atoms with Gasteiger partial charge in [0.05, 0.1) is 7.11 Å². The predicted molar refractivity (Wildman–Crippen MR) is 132 cm³/mol. The van der Waals surface area contributed by atoms with E-state index in [4.69, 9.17) is 9.15 Å². The van der Waals surface area contributed by atoms with Crippen molar-refractivity contribution in [3.05, 3.63) is 53.9 Å². The number of para-hydroxylation sites is 2. The number of hydrogen-bond donors (Lipinski definition) is 0. The number of hydrogen-bond acceptors (Lipinski definition) is 6. The van der Waals surface area contributed by atoms with Crippen LogP contribution < -0.4 is 4.74 Å². The van der Waals surface area contributed by atoms with E-state index >= 15 is 0 Å². The Bertz CT molecular complexity index is 1270. The van der Waals surface area contributed by atoms with E-state index in [0.29, 0.717) is 37.6 Å². The van der Waals surface area contributed by atoms with Gasteiger partial charge in [0.25, 0.3) is 5.91 Å². The van der Waals surface area contributed by atoms with Crippen LogP contribution in [0.3, 0.4) is 0 Å². The molecule has 1 aromatic heterocycles. The van der Waals surface area contributed by atoms with Crippen LogP contribution in [0.25, 0.3) is 11.1 Å². The number of oxazole rings is 1. The molecule has 0 spiro atoms. The summed E-state index contributed by atoms with van der Waals surface area (Å²) in [6, 6.07) is 12.4. The molecule has 2 fully saturated rings. The van der Waals surface area contributed by atoms with Gasteiger partial charge in [-0.05, 0) is 56.0 Å². The van der Waals surface area contributed by atoms with Gasteiger partial charge in [-0.1, -0.05) is 25.0 Å². The maximum absolute atomic E-state index is 13.4. The van der Waals surface area contributed by atoms with Crippen LogP contribution in [0, 0.1) is 0 Å². The Balaban J connectivity index is 1.32. The molecule has 2 aliphatic heterocycles. The maximum atomic E-state index is 13.4. The SMILES string of the molecule is COc1ccc(C(=O)N2CCC(c3nc4ccccc4o3)CC2)cc1S(=O)(=O)N1CCCCCC1. The van der Waals surface area contributed by atoms with Gasteiger partial charge in [0.15, 0.2) is 11.5 Å². The third-order valence-electron chi connectivity index (χ3n) is 7.04. The van der Waals surface area contributed by atoms with Gasteiger partial charge >= 0.3 is 0 Å². The minimum absolute atomic E-state index is 0.0640. The van der Waals surface area contributed by atoms with Crippen molar-refractivity contribution in [3.8, 4) is 5.75 Å². The second-order valence-corrected chi connectivity index (χ2v) is 11.2. The summed E-state index contributed by atoms with van der Waals surface area (Å²) in [6.45, 7) is 2.10. The van der Waals surface area contributed by atoms with Crippen molar-refractivity contribution in [1.29, 1.82) is 0 Å². The monoisotopic (exact) mass is 497 g/mol. The fourth-order valence-electron chi connectivity index (χ4n) is 5.01. The van der Waals surface area contributed by atoms with Gasteiger partial charge in [-0.3, -0.25) is 4.79 Å². The van der Waals surface area contributed by atoms with Gasteiger partial charge in [-0.2, -0.15) is 4.31 Å². The van der Waals surface area contributed by atoms with Crippen molar-refractivity contribution in [3.63, 3.8) is 0 Å². The Labute approximate surface area is 205 Å². The third kappa shape index (κ3) is 4.79. The first-order valence-corrected chi connectivity index (χ1v) is 13.7. The zero-order valence-electron chi connectivity index (χ0n) is 20.0. The van der Waals surface area contributed by atoms with Gasteiger partial charge in [0, 0.05) is 37.7 Å². The number of carbonyl (C=O) groups excluding carboxylic acids is 1. The van der Waals surface area contributed by atoms with E-state index in [-0.39, 0.29) is 22.5 Å². The second kappa shape index (κ2) is 9.99. The van der Waals surface area contributed by atoms with Gasteiger partial charge in [-0.15, -0.1) is 0 Å². The molecule has 3 aromatic rings. The normalized spacial score (nSPS) is 18.5. The standard InChI is InChI=1S/C26H31N3O5S/c1-33-23-11-10-20(18-24(23)35(31,32)29-14-6-2-3-7-15-29)26(30)28-16-12-19(13-17-28)25-27-21-8-4-5-9-22(21)34-25/h4-5,8-11,18-19H,2-3,6-7,12-17H2,1H3. The molecule has 9 heteroatoms. The van der Waals surface area contributed by atoms with Crippen molar-refractivity contribution in [2.45, 2.75) is 49.3 Å². The van der Waals surface area contributed by atoms with Crippen LogP contribution in [0.1, 0.15) is 60.7 Å². The van der Waals surface area contributed by atoms with E-state index in [9.17, 15) is 13.2 Å². The number of fused-ring (bicyclic) bond motifs is 1. The second-order valence-electron chi connectivity index (χ2n) is 9.27. The average Bonchev–Trinajstić information content (AvgIpc) is 3.13. The highest BCUT2D eigenvalue weighted by Crippen LogP contribution is 2.32. The Morgan fingerprint density at radius 3 is 2.40 bits per heavy atom. The first kappa shape index (κ1) is 23.8. The Morgan fingerprint density at radius 1 is 1.00 bits per heavy atom. The molecule has 0 saturated carbocycles. The lowest BCUT2D eigenvalue weighted by molar-refractivity contribution is 0.0706. The lowest BCUT2D eigenvalue weighted by atomic mass is 9.96.